The predicted octanol–water partition coefficient (Wildman–Crippen LogP) is 3.79. The van der Waals surface area contributed by atoms with Crippen molar-refractivity contribution in [1.82, 2.24) is 15.2 Å². The van der Waals surface area contributed by atoms with Gasteiger partial charge >= 0.3 is 0 Å². The number of halogens is 3. The smallest absolute Gasteiger partial charge is 0.277 e. The maximum Gasteiger partial charge on any atom is 0.277 e. The van der Waals surface area contributed by atoms with Crippen molar-refractivity contribution in [3.05, 3.63) is 80.7 Å². The summed E-state index contributed by atoms with van der Waals surface area (Å²) in [6.45, 7) is -0.129. The summed E-state index contributed by atoms with van der Waals surface area (Å²) in [5, 5.41) is 11.8. The molecule has 3 aromatic rings. The number of hydrogen-bond acceptors (Lipinski definition) is 7. The molecule has 1 saturated carbocycles. The third kappa shape index (κ3) is 7.22. The average Bonchev–Trinajstić information content (AvgIpc) is 3.72. The van der Waals surface area contributed by atoms with E-state index in [-0.39, 0.29) is 26.2 Å². The van der Waals surface area contributed by atoms with Crippen molar-refractivity contribution in [3.8, 4) is 0 Å². The van der Waals surface area contributed by atoms with E-state index < -0.39 is 43.7 Å². The SMILES string of the molecule is O=C(NOCC1CC1)c1cc(S(=O)(=O)NCc2ccnc(CCO)c2)c(F)c(F)c1Nc1ccc(I)cc1. The number of hydrogen-bond donors (Lipinski definition) is 4. The zero-order chi connectivity index (χ0) is 27.3. The van der Waals surface area contributed by atoms with Crippen LogP contribution in [0.3, 0.4) is 0 Å². The fraction of sp³-hybridized carbons (Fsp3) is 0.280. The lowest BCUT2D eigenvalue weighted by molar-refractivity contribution is 0.0270. The van der Waals surface area contributed by atoms with Crippen LogP contribution in [0, 0.1) is 21.1 Å². The van der Waals surface area contributed by atoms with Crippen LogP contribution in [0.4, 0.5) is 20.2 Å². The Morgan fingerprint density at radius 1 is 1.13 bits per heavy atom. The number of pyridine rings is 1. The van der Waals surface area contributed by atoms with Crippen molar-refractivity contribution in [3.63, 3.8) is 0 Å². The van der Waals surface area contributed by atoms with Crippen LogP contribution in [0.15, 0.2) is 53.6 Å². The van der Waals surface area contributed by atoms with Crippen molar-refractivity contribution in [1.29, 1.82) is 0 Å². The molecule has 38 heavy (non-hydrogen) atoms. The first-order valence-electron chi connectivity index (χ1n) is 11.7. The quantitative estimate of drug-likeness (QED) is 0.172. The van der Waals surface area contributed by atoms with Crippen LogP contribution in [0.1, 0.15) is 34.5 Å². The maximum absolute atomic E-state index is 15.4. The lowest BCUT2D eigenvalue weighted by atomic mass is 10.1. The number of aromatic nitrogens is 1. The van der Waals surface area contributed by atoms with Gasteiger partial charge in [-0.15, -0.1) is 0 Å². The summed E-state index contributed by atoms with van der Waals surface area (Å²) in [6, 6.07) is 10.6. The number of rotatable bonds is 12. The van der Waals surface area contributed by atoms with Crippen LogP contribution in [-0.2, 0) is 27.8 Å². The van der Waals surface area contributed by atoms with Crippen LogP contribution in [0.5, 0.6) is 0 Å². The molecule has 0 bridgehead atoms. The van der Waals surface area contributed by atoms with E-state index in [1.165, 1.54) is 6.20 Å². The fourth-order valence-corrected chi connectivity index (χ4v) is 4.96. The number of nitrogens with zero attached hydrogens (tertiary/aromatic N) is 1. The Bertz CT molecular complexity index is 1420. The second-order valence-corrected chi connectivity index (χ2v) is 11.7. The summed E-state index contributed by atoms with van der Waals surface area (Å²) in [5.41, 5.74) is 2.61. The number of amides is 1. The zero-order valence-electron chi connectivity index (χ0n) is 20.0. The van der Waals surface area contributed by atoms with Gasteiger partial charge in [-0.2, -0.15) is 0 Å². The van der Waals surface area contributed by atoms with Gasteiger partial charge in [0.1, 0.15) is 4.90 Å². The van der Waals surface area contributed by atoms with Crippen molar-refractivity contribution in [2.24, 2.45) is 5.92 Å². The second-order valence-electron chi connectivity index (χ2n) is 8.70. The van der Waals surface area contributed by atoms with Crippen molar-refractivity contribution in [2.45, 2.75) is 30.7 Å². The minimum Gasteiger partial charge on any atom is -0.396 e. The first-order chi connectivity index (χ1) is 18.2. The van der Waals surface area contributed by atoms with E-state index in [0.29, 0.717) is 22.9 Å². The lowest BCUT2D eigenvalue weighted by Gasteiger charge is -2.17. The largest absolute Gasteiger partial charge is 0.396 e. The summed E-state index contributed by atoms with van der Waals surface area (Å²) in [7, 11) is -4.60. The number of benzene rings is 2. The highest BCUT2D eigenvalue weighted by Crippen LogP contribution is 2.32. The van der Waals surface area contributed by atoms with E-state index in [0.717, 1.165) is 22.5 Å². The Kier molecular flexibility index (Phi) is 9.25. The number of aliphatic hydroxyl groups excluding tert-OH is 1. The van der Waals surface area contributed by atoms with Crippen molar-refractivity contribution in [2.75, 3.05) is 18.5 Å². The molecule has 1 aromatic heterocycles. The van der Waals surface area contributed by atoms with E-state index in [4.69, 9.17) is 9.94 Å². The summed E-state index contributed by atoms with van der Waals surface area (Å²) in [4.78, 5) is 21.2. The third-order valence-electron chi connectivity index (χ3n) is 5.72. The molecule has 0 saturated heterocycles. The molecule has 4 rings (SSSR count). The average molecular weight is 658 g/mol. The summed E-state index contributed by atoms with van der Waals surface area (Å²) >= 11 is 2.08. The van der Waals surface area contributed by atoms with Gasteiger partial charge in [-0.3, -0.25) is 14.6 Å². The Morgan fingerprint density at radius 3 is 2.55 bits per heavy atom. The third-order valence-corrected chi connectivity index (χ3v) is 7.84. The van der Waals surface area contributed by atoms with Crippen LogP contribution < -0.4 is 15.5 Å². The van der Waals surface area contributed by atoms with Gasteiger partial charge in [0.2, 0.25) is 10.0 Å². The molecule has 9 nitrogen and oxygen atoms in total. The van der Waals surface area contributed by atoms with E-state index in [1.54, 1.807) is 36.4 Å². The number of carbonyl (C=O) groups excluding carboxylic acids is 1. The molecule has 202 valence electrons. The molecule has 1 fully saturated rings. The molecule has 13 heteroatoms. The highest BCUT2D eigenvalue weighted by Gasteiger charge is 2.30. The molecule has 2 aromatic carbocycles. The highest BCUT2D eigenvalue weighted by molar-refractivity contribution is 14.1. The van der Waals surface area contributed by atoms with Gasteiger partial charge in [-0.25, -0.2) is 27.4 Å². The Hall–Kier alpha value is -2.72. The molecule has 1 heterocycles. The van der Waals surface area contributed by atoms with Gasteiger partial charge in [-0.1, -0.05) is 0 Å². The number of hydroxylamine groups is 1. The Morgan fingerprint density at radius 2 is 1.87 bits per heavy atom. The zero-order valence-corrected chi connectivity index (χ0v) is 23.0. The molecule has 0 atom stereocenters. The van der Waals surface area contributed by atoms with Gasteiger partial charge in [0.25, 0.3) is 5.91 Å². The monoisotopic (exact) mass is 658 g/mol. The summed E-state index contributed by atoms with van der Waals surface area (Å²) in [5.74, 6) is -3.79. The lowest BCUT2D eigenvalue weighted by Crippen LogP contribution is -2.28. The van der Waals surface area contributed by atoms with E-state index in [1.807, 2.05) is 0 Å². The molecule has 0 aliphatic heterocycles. The number of anilines is 2. The number of carbonyl (C=O) groups is 1. The first kappa shape index (κ1) is 28.3. The van der Waals surface area contributed by atoms with Crippen molar-refractivity contribution >= 4 is 49.9 Å². The molecule has 1 aliphatic rings. The van der Waals surface area contributed by atoms with Crippen LogP contribution in [0.25, 0.3) is 0 Å². The predicted molar refractivity (Wildman–Crippen MR) is 144 cm³/mol. The molecular weight excluding hydrogens is 633 g/mol. The summed E-state index contributed by atoms with van der Waals surface area (Å²) in [6.07, 6.45) is 3.65. The maximum atomic E-state index is 15.4. The Balaban J connectivity index is 1.64. The van der Waals surface area contributed by atoms with Crippen molar-refractivity contribution < 1.29 is 31.9 Å². The second kappa shape index (κ2) is 12.4. The minimum atomic E-state index is -4.60. The van der Waals surface area contributed by atoms with E-state index >= 15 is 8.78 Å². The highest BCUT2D eigenvalue weighted by atomic mass is 127. The van der Waals surface area contributed by atoms with Crippen LogP contribution in [-0.4, -0.2) is 37.6 Å². The van der Waals surface area contributed by atoms with E-state index in [2.05, 4.69) is 43.1 Å². The molecule has 1 amide bonds. The number of aliphatic hydroxyl groups is 1. The molecule has 4 N–H and O–H groups in total. The molecule has 0 radical (unpaired) electrons. The van der Waals surface area contributed by atoms with Crippen LogP contribution in [0.2, 0.25) is 0 Å². The molecular formula is C25H25F2IN4O5S. The first-order valence-corrected chi connectivity index (χ1v) is 14.2. The van der Waals surface area contributed by atoms with E-state index in [9.17, 15) is 13.2 Å². The molecule has 0 spiro atoms. The van der Waals surface area contributed by atoms with Gasteiger partial charge in [0.05, 0.1) is 17.9 Å². The minimum absolute atomic E-state index is 0.134. The van der Waals surface area contributed by atoms with Gasteiger partial charge in [0, 0.05) is 40.7 Å². The fourth-order valence-electron chi connectivity index (χ4n) is 3.49. The molecule has 1 aliphatic carbocycles. The van der Waals surface area contributed by atoms with Gasteiger partial charge in [-0.05, 0) is 89.4 Å². The number of sulfonamides is 1. The van der Waals surface area contributed by atoms with Gasteiger partial charge in [0.15, 0.2) is 11.6 Å². The topological polar surface area (TPSA) is 130 Å². The number of nitrogens with one attached hydrogen (secondary N) is 3. The summed E-state index contributed by atoms with van der Waals surface area (Å²) < 4.78 is 59.7. The molecule has 0 unspecified atom stereocenters. The van der Waals surface area contributed by atoms with Gasteiger partial charge < -0.3 is 10.4 Å². The standard InChI is InChI=1S/C25H25F2IN4O5S/c26-22-21(38(35,36)30-13-16-7-9-29-19(11-16)8-10-33)12-20(25(34)32-37-14-15-1-2-15)24(23(22)27)31-18-5-3-17(28)4-6-18/h3-7,9,11-12,15,30-31,33H,1-2,8,10,13-14H2,(H,32,34). The normalized spacial score (nSPS) is 13.4. The Labute approximate surface area is 232 Å². The van der Waals surface area contributed by atoms with Crippen LogP contribution >= 0.6 is 22.6 Å².